The molecule has 0 fully saturated rings. The van der Waals surface area contributed by atoms with Gasteiger partial charge in [-0.2, -0.15) is 0 Å². The fraction of sp³-hybridized carbons (Fsp3) is 0.308. The average Bonchev–Trinajstić information content (AvgIpc) is 2.78. The van der Waals surface area contributed by atoms with E-state index in [-0.39, 0.29) is 5.91 Å². The van der Waals surface area contributed by atoms with Gasteiger partial charge in [-0.15, -0.1) is 0 Å². The molecule has 0 aliphatic rings. The van der Waals surface area contributed by atoms with E-state index in [1.165, 1.54) is 0 Å². The van der Waals surface area contributed by atoms with Gasteiger partial charge in [0.15, 0.2) is 0 Å². The Hall–Kier alpha value is -1.97. The minimum Gasteiger partial charge on any atom is -0.497 e. The van der Waals surface area contributed by atoms with E-state index in [4.69, 9.17) is 4.74 Å². The molecule has 1 aromatic carbocycles. The number of aromatic amines is 1. The van der Waals surface area contributed by atoms with Gasteiger partial charge >= 0.3 is 0 Å². The maximum atomic E-state index is 11.8. The van der Waals surface area contributed by atoms with Crippen molar-refractivity contribution in [1.29, 1.82) is 0 Å². The van der Waals surface area contributed by atoms with E-state index in [9.17, 15) is 4.79 Å². The molecule has 0 atom stereocenters. The number of H-pyrrole nitrogens is 1. The number of fused-ring (bicyclic) bond motifs is 1. The van der Waals surface area contributed by atoms with Crippen molar-refractivity contribution in [3.8, 4) is 5.75 Å². The molecule has 0 spiro atoms. The molecule has 0 bridgehead atoms. The zero-order valence-corrected chi connectivity index (χ0v) is 10.0. The van der Waals surface area contributed by atoms with Gasteiger partial charge in [-0.25, -0.2) is 0 Å². The molecule has 1 amide bonds. The first kappa shape index (κ1) is 11.5. The Morgan fingerprint density at radius 2 is 2.24 bits per heavy atom. The Kier molecular flexibility index (Phi) is 3.32. The first-order valence-corrected chi connectivity index (χ1v) is 5.69. The molecule has 17 heavy (non-hydrogen) atoms. The van der Waals surface area contributed by atoms with E-state index in [1.54, 1.807) is 7.11 Å². The molecule has 2 aromatic rings. The van der Waals surface area contributed by atoms with Gasteiger partial charge in [0.25, 0.3) is 5.91 Å². The van der Waals surface area contributed by atoms with Gasteiger partial charge in [-0.1, -0.05) is 6.92 Å². The lowest BCUT2D eigenvalue weighted by Crippen LogP contribution is -2.24. The van der Waals surface area contributed by atoms with Crippen molar-refractivity contribution < 1.29 is 9.53 Å². The Morgan fingerprint density at radius 1 is 1.41 bits per heavy atom. The normalized spacial score (nSPS) is 10.5. The molecule has 4 nitrogen and oxygen atoms in total. The number of rotatable bonds is 4. The smallest absolute Gasteiger partial charge is 0.267 e. The van der Waals surface area contributed by atoms with Crippen LogP contribution in [0.2, 0.25) is 0 Å². The second-order valence-corrected chi connectivity index (χ2v) is 3.89. The molecule has 90 valence electrons. The number of amides is 1. The van der Waals surface area contributed by atoms with E-state index in [1.807, 2.05) is 31.2 Å². The van der Waals surface area contributed by atoms with Crippen LogP contribution in [0.5, 0.6) is 5.75 Å². The highest BCUT2D eigenvalue weighted by Gasteiger charge is 2.08. The molecule has 4 heteroatoms. The highest BCUT2D eigenvalue weighted by Crippen LogP contribution is 2.21. The molecule has 2 rings (SSSR count). The van der Waals surface area contributed by atoms with Crippen molar-refractivity contribution in [3.63, 3.8) is 0 Å². The van der Waals surface area contributed by atoms with Crippen molar-refractivity contribution in [2.45, 2.75) is 13.3 Å². The third-order valence-electron chi connectivity index (χ3n) is 2.61. The summed E-state index contributed by atoms with van der Waals surface area (Å²) in [7, 11) is 1.63. The molecule has 0 aliphatic heterocycles. The summed E-state index contributed by atoms with van der Waals surface area (Å²) in [6.07, 6.45) is 0.930. The SMILES string of the molecule is CCCNC(=O)c1cc2cc(OC)ccc2[nH]1. The molecule has 0 aliphatic carbocycles. The lowest BCUT2D eigenvalue weighted by atomic mass is 10.2. The first-order valence-electron chi connectivity index (χ1n) is 5.69. The number of aromatic nitrogens is 1. The van der Waals surface area contributed by atoms with Gasteiger partial charge < -0.3 is 15.0 Å². The van der Waals surface area contributed by atoms with Crippen molar-refractivity contribution in [1.82, 2.24) is 10.3 Å². The third kappa shape index (κ3) is 2.41. The van der Waals surface area contributed by atoms with E-state index < -0.39 is 0 Å². The summed E-state index contributed by atoms with van der Waals surface area (Å²) in [5, 5.41) is 3.81. The van der Waals surface area contributed by atoms with Crippen LogP contribution in [-0.2, 0) is 0 Å². The van der Waals surface area contributed by atoms with Crippen LogP contribution in [0, 0.1) is 0 Å². The summed E-state index contributed by atoms with van der Waals surface area (Å²) in [5.41, 5.74) is 1.52. The van der Waals surface area contributed by atoms with Gasteiger partial charge in [0.05, 0.1) is 7.11 Å². The lowest BCUT2D eigenvalue weighted by Gasteiger charge is -1.99. The summed E-state index contributed by atoms with van der Waals surface area (Å²) in [6, 6.07) is 7.52. The van der Waals surface area contributed by atoms with E-state index in [0.29, 0.717) is 12.2 Å². The van der Waals surface area contributed by atoms with Gasteiger partial charge in [-0.05, 0) is 30.7 Å². The molecule has 0 unspecified atom stereocenters. The number of benzene rings is 1. The maximum absolute atomic E-state index is 11.8. The van der Waals surface area contributed by atoms with Crippen LogP contribution in [0.4, 0.5) is 0 Å². The van der Waals surface area contributed by atoms with Crippen LogP contribution in [-0.4, -0.2) is 24.5 Å². The van der Waals surface area contributed by atoms with E-state index in [2.05, 4.69) is 10.3 Å². The quantitative estimate of drug-likeness (QED) is 0.850. The molecular weight excluding hydrogens is 216 g/mol. The van der Waals surface area contributed by atoms with Crippen molar-refractivity contribution >= 4 is 16.8 Å². The number of carbonyl (C=O) groups is 1. The summed E-state index contributed by atoms with van der Waals surface area (Å²) in [4.78, 5) is 14.8. The molecular formula is C13H16N2O2. The summed E-state index contributed by atoms with van der Waals surface area (Å²) >= 11 is 0. The van der Waals surface area contributed by atoms with Gasteiger partial charge in [0.1, 0.15) is 11.4 Å². The second kappa shape index (κ2) is 4.91. The number of carbonyl (C=O) groups excluding carboxylic acids is 1. The zero-order valence-electron chi connectivity index (χ0n) is 10.0. The Labute approximate surface area is 100.0 Å². The maximum Gasteiger partial charge on any atom is 0.267 e. The Bertz CT molecular complexity index is 531. The fourth-order valence-corrected chi connectivity index (χ4v) is 1.69. The van der Waals surface area contributed by atoms with Crippen molar-refractivity contribution in [2.24, 2.45) is 0 Å². The molecule has 1 aromatic heterocycles. The summed E-state index contributed by atoms with van der Waals surface area (Å²) in [5.74, 6) is 0.721. The fourth-order valence-electron chi connectivity index (χ4n) is 1.69. The number of hydrogen-bond donors (Lipinski definition) is 2. The Balaban J connectivity index is 2.28. The number of hydrogen-bond acceptors (Lipinski definition) is 2. The second-order valence-electron chi connectivity index (χ2n) is 3.89. The predicted molar refractivity (Wildman–Crippen MR) is 67.5 cm³/mol. The predicted octanol–water partition coefficient (Wildman–Crippen LogP) is 2.32. The van der Waals surface area contributed by atoms with E-state index in [0.717, 1.165) is 23.1 Å². The number of nitrogens with one attached hydrogen (secondary N) is 2. The highest BCUT2D eigenvalue weighted by molar-refractivity contribution is 5.98. The average molecular weight is 232 g/mol. The van der Waals surface area contributed by atoms with Gasteiger partial charge in [-0.3, -0.25) is 4.79 Å². The topological polar surface area (TPSA) is 54.1 Å². The molecule has 0 saturated heterocycles. The van der Waals surface area contributed by atoms with Gasteiger partial charge in [0.2, 0.25) is 0 Å². The largest absolute Gasteiger partial charge is 0.497 e. The minimum atomic E-state index is -0.0676. The Morgan fingerprint density at radius 3 is 2.94 bits per heavy atom. The molecule has 0 radical (unpaired) electrons. The van der Waals surface area contributed by atoms with Crippen LogP contribution in [0.15, 0.2) is 24.3 Å². The molecule has 2 N–H and O–H groups in total. The standard InChI is InChI=1S/C13H16N2O2/c1-3-6-14-13(16)12-8-9-7-10(17-2)4-5-11(9)15-12/h4-5,7-8,15H,3,6H2,1-2H3,(H,14,16). The third-order valence-corrected chi connectivity index (χ3v) is 2.61. The van der Waals surface area contributed by atoms with Crippen LogP contribution >= 0.6 is 0 Å². The van der Waals surface area contributed by atoms with Crippen LogP contribution < -0.4 is 10.1 Å². The number of methoxy groups -OCH3 is 1. The lowest BCUT2D eigenvalue weighted by molar-refractivity contribution is 0.0949. The monoisotopic (exact) mass is 232 g/mol. The highest BCUT2D eigenvalue weighted by atomic mass is 16.5. The first-order chi connectivity index (χ1) is 8.24. The van der Waals surface area contributed by atoms with Crippen LogP contribution in [0.3, 0.4) is 0 Å². The van der Waals surface area contributed by atoms with Crippen LogP contribution in [0.25, 0.3) is 10.9 Å². The summed E-state index contributed by atoms with van der Waals surface area (Å²) in [6.45, 7) is 2.72. The van der Waals surface area contributed by atoms with Crippen molar-refractivity contribution in [3.05, 3.63) is 30.0 Å². The minimum absolute atomic E-state index is 0.0676. The van der Waals surface area contributed by atoms with E-state index >= 15 is 0 Å². The van der Waals surface area contributed by atoms with Crippen molar-refractivity contribution in [2.75, 3.05) is 13.7 Å². The number of ether oxygens (including phenoxy) is 1. The molecule has 1 heterocycles. The summed E-state index contributed by atoms with van der Waals surface area (Å²) < 4.78 is 5.14. The zero-order chi connectivity index (χ0) is 12.3. The van der Waals surface area contributed by atoms with Crippen LogP contribution in [0.1, 0.15) is 23.8 Å². The molecule has 0 saturated carbocycles. The van der Waals surface area contributed by atoms with Gasteiger partial charge in [0, 0.05) is 17.4 Å².